The van der Waals surface area contributed by atoms with E-state index in [4.69, 9.17) is 0 Å². The first-order chi connectivity index (χ1) is 10.8. The number of hydrogen-bond acceptors (Lipinski definition) is 2. The van der Waals surface area contributed by atoms with Crippen LogP contribution in [-0.4, -0.2) is 24.0 Å². The van der Waals surface area contributed by atoms with Gasteiger partial charge in [-0.15, -0.1) is 0 Å². The molecule has 0 saturated carbocycles. The van der Waals surface area contributed by atoms with E-state index in [1.807, 2.05) is 0 Å². The summed E-state index contributed by atoms with van der Waals surface area (Å²) in [4.78, 5) is 5.03. The average Bonchev–Trinajstić information content (AvgIpc) is 3.16. The van der Waals surface area contributed by atoms with Crippen molar-refractivity contribution < 1.29 is 0 Å². The molecule has 22 heavy (non-hydrogen) atoms. The lowest BCUT2D eigenvalue weighted by Crippen LogP contribution is -2.33. The summed E-state index contributed by atoms with van der Waals surface area (Å²) in [6.07, 6.45) is 2.31. The summed E-state index contributed by atoms with van der Waals surface area (Å²) in [5, 5.41) is 0. The zero-order valence-corrected chi connectivity index (χ0v) is 13.0. The minimum absolute atomic E-state index is 0.389. The maximum absolute atomic E-state index is 4.42. The predicted molar refractivity (Wildman–Crippen MR) is 91.8 cm³/mol. The van der Waals surface area contributed by atoms with Gasteiger partial charge in [0, 0.05) is 37.9 Å². The summed E-state index contributed by atoms with van der Waals surface area (Å²) in [5.74, 6) is 0. The van der Waals surface area contributed by atoms with Gasteiger partial charge >= 0.3 is 0 Å². The van der Waals surface area contributed by atoms with Gasteiger partial charge in [-0.05, 0) is 42.5 Å². The number of benzene rings is 2. The molecule has 2 aliphatic heterocycles. The molecule has 1 atom stereocenters. The van der Waals surface area contributed by atoms with Crippen LogP contribution in [0.25, 0.3) is 0 Å². The summed E-state index contributed by atoms with van der Waals surface area (Å²) >= 11 is 0. The highest BCUT2D eigenvalue weighted by atomic mass is 15.2. The van der Waals surface area contributed by atoms with E-state index < -0.39 is 0 Å². The number of rotatable bonds is 4. The smallest absolute Gasteiger partial charge is 0.0399 e. The first-order valence-corrected chi connectivity index (χ1v) is 8.28. The maximum Gasteiger partial charge on any atom is 0.0399 e. The molecule has 0 fully saturated rings. The third-order valence-corrected chi connectivity index (χ3v) is 5.10. The van der Waals surface area contributed by atoms with Gasteiger partial charge < -0.3 is 4.90 Å². The molecule has 2 aromatic rings. The molecule has 2 heterocycles. The highest BCUT2D eigenvalue weighted by Gasteiger charge is 2.24. The molecule has 2 aromatic carbocycles. The van der Waals surface area contributed by atoms with E-state index in [9.17, 15) is 0 Å². The van der Waals surface area contributed by atoms with Gasteiger partial charge in [0.05, 0.1) is 0 Å². The van der Waals surface area contributed by atoms with Gasteiger partial charge in [-0.3, -0.25) is 4.90 Å². The second-order valence-electron chi connectivity index (χ2n) is 6.48. The third kappa shape index (κ3) is 2.52. The van der Waals surface area contributed by atoms with Crippen molar-refractivity contribution in [3.63, 3.8) is 0 Å². The molecule has 0 spiro atoms. The maximum atomic E-state index is 4.42. The van der Waals surface area contributed by atoms with Crippen LogP contribution in [0.2, 0.25) is 0 Å². The van der Waals surface area contributed by atoms with Crippen molar-refractivity contribution in [1.29, 1.82) is 0 Å². The first kappa shape index (κ1) is 13.8. The first-order valence-electron chi connectivity index (χ1n) is 8.28. The molecule has 0 aromatic heterocycles. The molecule has 0 amide bonds. The zero-order chi connectivity index (χ0) is 14.9. The van der Waals surface area contributed by atoms with Crippen LogP contribution in [0, 0.1) is 6.92 Å². The van der Waals surface area contributed by atoms with Crippen molar-refractivity contribution in [2.45, 2.75) is 32.0 Å². The largest absolute Gasteiger partial charge is 0.371 e. The topological polar surface area (TPSA) is 6.48 Å². The van der Waals surface area contributed by atoms with Crippen molar-refractivity contribution in [1.82, 2.24) is 4.90 Å². The molecule has 2 aliphatic rings. The summed E-state index contributed by atoms with van der Waals surface area (Å²) in [6, 6.07) is 18.0. The Hall–Kier alpha value is -1.80. The van der Waals surface area contributed by atoms with Crippen LogP contribution in [0.5, 0.6) is 0 Å². The van der Waals surface area contributed by atoms with Crippen LogP contribution in [0.1, 0.15) is 23.1 Å². The molecule has 0 saturated heterocycles. The van der Waals surface area contributed by atoms with Crippen LogP contribution < -0.4 is 4.90 Å². The van der Waals surface area contributed by atoms with Crippen LogP contribution in [0.15, 0.2) is 48.5 Å². The quantitative estimate of drug-likeness (QED) is 0.848. The van der Waals surface area contributed by atoms with Crippen molar-refractivity contribution in [2.75, 3.05) is 18.0 Å². The lowest BCUT2D eigenvalue weighted by molar-refractivity contribution is 0.224. The summed E-state index contributed by atoms with van der Waals surface area (Å²) in [6.45, 7) is 8.80. The van der Waals surface area contributed by atoms with E-state index in [2.05, 4.69) is 65.3 Å². The van der Waals surface area contributed by atoms with E-state index in [0.717, 1.165) is 32.6 Å². The predicted octanol–water partition coefficient (Wildman–Crippen LogP) is 3.66. The minimum atomic E-state index is 0.389. The van der Waals surface area contributed by atoms with E-state index in [-0.39, 0.29) is 0 Å². The zero-order valence-electron chi connectivity index (χ0n) is 13.0. The van der Waals surface area contributed by atoms with Crippen LogP contribution in [0.3, 0.4) is 0 Å². The molecule has 2 heteroatoms. The lowest BCUT2D eigenvalue weighted by atomic mass is 10.1. The minimum Gasteiger partial charge on any atom is -0.371 e. The lowest BCUT2D eigenvalue weighted by Gasteiger charge is -2.27. The number of nitrogens with zero attached hydrogens (tertiary/aromatic N) is 2. The molecular formula is C20H23N2. The highest BCUT2D eigenvalue weighted by molar-refractivity contribution is 5.57. The normalized spacial score (nSPS) is 18.3. The second kappa shape index (κ2) is 5.77. The van der Waals surface area contributed by atoms with E-state index in [1.165, 1.54) is 28.8 Å². The number of fused-ring (bicyclic) bond motifs is 2. The van der Waals surface area contributed by atoms with Crippen LogP contribution in [0.4, 0.5) is 5.69 Å². The van der Waals surface area contributed by atoms with Crippen molar-refractivity contribution >= 4 is 5.69 Å². The molecule has 113 valence electrons. The molecule has 0 aliphatic carbocycles. The van der Waals surface area contributed by atoms with Crippen molar-refractivity contribution in [3.8, 4) is 0 Å². The molecular weight excluding hydrogens is 268 g/mol. The standard InChI is InChI=1S/C20H23N2/c1-16(22-14-18-7-2-3-8-19(18)15-22)10-12-21-13-11-17-6-4-5-9-20(17)21/h2-9,16H,1,10-15H2. The Morgan fingerprint density at radius 1 is 0.909 bits per heavy atom. The fraction of sp³-hybridized carbons (Fsp3) is 0.350. The third-order valence-electron chi connectivity index (χ3n) is 5.10. The van der Waals surface area contributed by atoms with Gasteiger partial charge in [0.2, 0.25) is 0 Å². The molecule has 0 N–H and O–H groups in total. The van der Waals surface area contributed by atoms with Gasteiger partial charge in [-0.25, -0.2) is 0 Å². The average molecular weight is 291 g/mol. The Kier molecular flexibility index (Phi) is 3.63. The van der Waals surface area contributed by atoms with E-state index in [0.29, 0.717) is 6.04 Å². The van der Waals surface area contributed by atoms with Crippen molar-refractivity contribution in [2.24, 2.45) is 0 Å². The number of anilines is 1. The summed E-state index contributed by atoms with van der Waals surface area (Å²) in [7, 11) is 0. The fourth-order valence-electron chi connectivity index (χ4n) is 3.74. The Bertz CT molecular complexity index is 639. The molecule has 1 unspecified atom stereocenters. The highest BCUT2D eigenvalue weighted by Crippen LogP contribution is 2.29. The Labute approximate surface area is 133 Å². The Morgan fingerprint density at radius 2 is 1.55 bits per heavy atom. The Morgan fingerprint density at radius 3 is 2.27 bits per heavy atom. The van der Waals surface area contributed by atoms with Crippen molar-refractivity contribution in [3.05, 3.63) is 72.1 Å². The van der Waals surface area contributed by atoms with Gasteiger partial charge in [-0.1, -0.05) is 42.5 Å². The summed E-state index contributed by atoms with van der Waals surface area (Å²) < 4.78 is 0. The summed E-state index contributed by atoms with van der Waals surface area (Å²) in [5.41, 5.74) is 5.88. The fourth-order valence-corrected chi connectivity index (χ4v) is 3.74. The Balaban J connectivity index is 1.36. The van der Waals surface area contributed by atoms with Gasteiger partial charge in [0.25, 0.3) is 0 Å². The van der Waals surface area contributed by atoms with Crippen LogP contribution >= 0.6 is 0 Å². The van der Waals surface area contributed by atoms with Crippen LogP contribution in [-0.2, 0) is 19.5 Å². The van der Waals surface area contributed by atoms with E-state index >= 15 is 0 Å². The van der Waals surface area contributed by atoms with Gasteiger partial charge in [0.1, 0.15) is 0 Å². The molecule has 4 rings (SSSR count). The molecule has 2 nitrogen and oxygen atoms in total. The van der Waals surface area contributed by atoms with E-state index in [1.54, 1.807) is 0 Å². The molecule has 0 bridgehead atoms. The monoisotopic (exact) mass is 291 g/mol. The second-order valence-corrected chi connectivity index (χ2v) is 6.48. The van der Waals surface area contributed by atoms with Gasteiger partial charge in [0.15, 0.2) is 0 Å². The van der Waals surface area contributed by atoms with Gasteiger partial charge in [-0.2, -0.15) is 0 Å². The SMILES string of the molecule is [CH2]C(CCN1CCc2ccccc21)N1Cc2ccccc2C1. The number of hydrogen-bond donors (Lipinski definition) is 0. The molecule has 1 radical (unpaired) electrons. The number of para-hydroxylation sites is 1.